The summed E-state index contributed by atoms with van der Waals surface area (Å²) in [6, 6.07) is 41.6. The highest BCUT2D eigenvalue weighted by Crippen LogP contribution is 2.45. The van der Waals surface area contributed by atoms with Crippen LogP contribution in [0.5, 0.6) is 0 Å². The van der Waals surface area contributed by atoms with Gasteiger partial charge in [0.15, 0.2) is 0 Å². The van der Waals surface area contributed by atoms with Crippen LogP contribution in [0.15, 0.2) is 121 Å². The van der Waals surface area contributed by atoms with E-state index in [0.717, 1.165) is 6.42 Å². The second kappa shape index (κ2) is 14.3. The molecule has 0 N–H and O–H groups in total. The number of benzene rings is 4. The van der Waals surface area contributed by atoms with Gasteiger partial charge in [0.25, 0.3) is 0 Å². The van der Waals surface area contributed by atoms with Crippen LogP contribution in [0.2, 0.25) is 0 Å². The Balaban J connectivity index is 0.000000205. The fraction of sp³-hybridized carbons (Fsp3) is 0.188. The van der Waals surface area contributed by atoms with Crippen LogP contribution in [0.25, 0.3) is 11.6 Å². The molecule has 0 amide bonds. The zero-order valence-electron chi connectivity index (χ0n) is 20.7. The average molecular weight is 483 g/mol. The van der Waals surface area contributed by atoms with Gasteiger partial charge < -0.3 is 4.52 Å². The van der Waals surface area contributed by atoms with Crippen LogP contribution in [-0.2, 0) is 15.5 Å². The molecule has 2 nitrogen and oxygen atoms in total. The molecule has 180 valence electrons. The summed E-state index contributed by atoms with van der Waals surface area (Å²) < 4.78 is 17.4. The fourth-order valence-corrected chi connectivity index (χ4v) is 4.90. The van der Waals surface area contributed by atoms with Crippen LogP contribution >= 0.6 is 7.37 Å². The first-order valence-corrected chi connectivity index (χ1v) is 14.3. The van der Waals surface area contributed by atoms with Gasteiger partial charge in [0.1, 0.15) is 0 Å². The Kier molecular flexibility index (Phi) is 10.8. The number of rotatable bonds is 9. The Morgan fingerprint density at radius 2 is 1.09 bits per heavy atom. The number of hydrogen-bond acceptors (Lipinski definition) is 2. The largest absolute Gasteiger partial charge is 0.328 e. The second-order valence-corrected chi connectivity index (χ2v) is 11.4. The van der Waals surface area contributed by atoms with E-state index in [1.54, 1.807) is 0 Å². The van der Waals surface area contributed by atoms with Gasteiger partial charge in [0.2, 0.25) is 7.37 Å². The predicted molar refractivity (Wildman–Crippen MR) is 151 cm³/mol. The molecule has 0 unspecified atom stereocenters. The lowest BCUT2D eigenvalue weighted by atomic mass is 9.96. The molecule has 0 heterocycles. The molecule has 0 saturated carbocycles. The molecular formula is C32H35O2P. The maximum absolute atomic E-state index is 11.9. The average Bonchev–Trinajstić information content (AvgIpc) is 2.94. The molecular weight excluding hydrogens is 447 g/mol. The van der Waals surface area contributed by atoms with E-state index >= 15 is 0 Å². The van der Waals surface area contributed by atoms with Gasteiger partial charge in [0.05, 0.1) is 6.61 Å². The standard InChI is InChI=1S/C20H16.C12H19O2P/c1-4-10-17(11-5-1)16-20(18-12-6-2-7-13-18)19-14-8-3-9-15-19;1-3-15(13,4-2)14-11-10-12-8-6-5-7-9-12/h1-16H;5-9H,3-4,10-11H2,1-2H3. The molecule has 35 heavy (non-hydrogen) atoms. The zero-order valence-corrected chi connectivity index (χ0v) is 21.6. The lowest BCUT2D eigenvalue weighted by molar-refractivity contribution is 0.318. The molecule has 4 rings (SSSR count). The van der Waals surface area contributed by atoms with Crippen LogP contribution in [-0.4, -0.2) is 18.9 Å². The van der Waals surface area contributed by atoms with E-state index in [9.17, 15) is 4.57 Å². The van der Waals surface area contributed by atoms with Crippen molar-refractivity contribution in [3.05, 3.63) is 144 Å². The molecule has 3 heteroatoms. The van der Waals surface area contributed by atoms with Crippen LogP contribution in [0.3, 0.4) is 0 Å². The summed E-state index contributed by atoms with van der Waals surface area (Å²) in [4.78, 5) is 0. The molecule has 4 aromatic rings. The molecule has 0 fully saturated rings. The second-order valence-electron chi connectivity index (χ2n) is 8.22. The first kappa shape index (κ1) is 26.4. The molecule has 0 atom stereocenters. The Hall–Kier alpha value is -3.19. The van der Waals surface area contributed by atoms with Gasteiger partial charge in [-0.1, -0.05) is 135 Å². The van der Waals surface area contributed by atoms with E-state index in [-0.39, 0.29) is 0 Å². The third-order valence-corrected chi connectivity index (χ3v) is 8.38. The van der Waals surface area contributed by atoms with Crippen molar-refractivity contribution in [1.29, 1.82) is 0 Å². The Bertz CT molecular complexity index is 1140. The molecule has 0 spiro atoms. The van der Waals surface area contributed by atoms with Crippen LogP contribution < -0.4 is 0 Å². The Labute approximate surface area is 210 Å². The lowest BCUT2D eigenvalue weighted by Gasteiger charge is -2.14. The van der Waals surface area contributed by atoms with Crippen molar-refractivity contribution in [3.63, 3.8) is 0 Å². The van der Waals surface area contributed by atoms with Gasteiger partial charge in [-0.15, -0.1) is 0 Å². The van der Waals surface area contributed by atoms with E-state index < -0.39 is 7.37 Å². The fourth-order valence-electron chi connectivity index (χ4n) is 3.67. The highest BCUT2D eigenvalue weighted by molar-refractivity contribution is 7.58. The minimum atomic E-state index is -2.32. The minimum Gasteiger partial charge on any atom is -0.328 e. The molecule has 0 aromatic heterocycles. The summed E-state index contributed by atoms with van der Waals surface area (Å²) in [6.45, 7) is 4.41. The molecule has 0 saturated heterocycles. The van der Waals surface area contributed by atoms with Crippen LogP contribution in [0, 0.1) is 0 Å². The quantitative estimate of drug-likeness (QED) is 0.176. The summed E-state index contributed by atoms with van der Waals surface area (Å²) in [6.07, 6.45) is 4.35. The molecule has 0 radical (unpaired) electrons. The topological polar surface area (TPSA) is 26.3 Å². The van der Waals surface area contributed by atoms with Gasteiger partial charge in [-0.05, 0) is 40.3 Å². The van der Waals surface area contributed by atoms with Crippen molar-refractivity contribution < 1.29 is 9.09 Å². The summed E-state index contributed by atoms with van der Waals surface area (Å²) >= 11 is 0. The van der Waals surface area contributed by atoms with E-state index in [1.807, 2.05) is 38.1 Å². The summed E-state index contributed by atoms with van der Waals surface area (Å²) in [5.74, 6) is 0. The lowest BCUT2D eigenvalue weighted by Crippen LogP contribution is -2.00. The molecule has 0 aliphatic heterocycles. The molecule has 0 bridgehead atoms. The van der Waals surface area contributed by atoms with E-state index in [1.165, 1.54) is 27.8 Å². The van der Waals surface area contributed by atoms with Crippen LogP contribution in [0.1, 0.15) is 36.1 Å². The molecule has 0 aliphatic rings. The van der Waals surface area contributed by atoms with Crippen molar-refractivity contribution in [2.45, 2.75) is 20.3 Å². The van der Waals surface area contributed by atoms with E-state index in [2.05, 4.69) is 103 Å². The maximum Gasteiger partial charge on any atom is 0.202 e. The van der Waals surface area contributed by atoms with Gasteiger partial charge in [-0.25, -0.2) is 0 Å². The van der Waals surface area contributed by atoms with E-state index in [0.29, 0.717) is 18.9 Å². The van der Waals surface area contributed by atoms with Gasteiger partial charge in [-0.3, -0.25) is 4.57 Å². The molecule has 0 aliphatic carbocycles. The monoisotopic (exact) mass is 482 g/mol. The van der Waals surface area contributed by atoms with Crippen molar-refractivity contribution in [2.75, 3.05) is 18.9 Å². The van der Waals surface area contributed by atoms with Crippen molar-refractivity contribution in [2.24, 2.45) is 0 Å². The number of hydrogen-bond donors (Lipinski definition) is 0. The maximum atomic E-state index is 11.9. The first-order chi connectivity index (χ1) is 17.1. The normalized spacial score (nSPS) is 10.7. The zero-order chi connectivity index (χ0) is 24.8. The summed E-state index contributed by atoms with van der Waals surface area (Å²) in [7, 11) is -2.32. The summed E-state index contributed by atoms with van der Waals surface area (Å²) in [5, 5.41) is 0. The molecule has 4 aromatic carbocycles. The Morgan fingerprint density at radius 1 is 0.657 bits per heavy atom. The van der Waals surface area contributed by atoms with Gasteiger partial charge in [-0.2, -0.15) is 0 Å². The third-order valence-electron chi connectivity index (χ3n) is 5.80. The smallest absolute Gasteiger partial charge is 0.202 e. The van der Waals surface area contributed by atoms with Crippen molar-refractivity contribution in [3.8, 4) is 0 Å². The highest BCUT2D eigenvalue weighted by Gasteiger charge is 2.16. The third kappa shape index (κ3) is 8.83. The first-order valence-electron chi connectivity index (χ1n) is 12.3. The Morgan fingerprint density at radius 3 is 1.54 bits per heavy atom. The SMILES string of the molecule is C(=C(c1ccccc1)c1ccccc1)c1ccccc1.CCP(=O)(CC)OCCc1ccccc1. The van der Waals surface area contributed by atoms with Gasteiger partial charge in [0, 0.05) is 12.3 Å². The minimum absolute atomic E-state index is 0.559. The predicted octanol–water partition coefficient (Wildman–Crippen LogP) is 8.84. The van der Waals surface area contributed by atoms with Crippen LogP contribution in [0.4, 0.5) is 0 Å². The highest BCUT2D eigenvalue weighted by atomic mass is 31.2. The van der Waals surface area contributed by atoms with Gasteiger partial charge >= 0.3 is 0 Å². The summed E-state index contributed by atoms with van der Waals surface area (Å²) in [5.41, 5.74) is 6.17. The van der Waals surface area contributed by atoms with Crippen molar-refractivity contribution in [1.82, 2.24) is 0 Å². The van der Waals surface area contributed by atoms with E-state index in [4.69, 9.17) is 4.52 Å². The van der Waals surface area contributed by atoms with Crippen molar-refractivity contribution >= 4 is 19.0 Å².